The molecule has 14 heteroatoms. The molecule has 35 heavy (non-hydrogen) atoms. The molecule has 0 atom stereocenters. The number of benzene rings is 2. The fourth-order valence-corrected chi connectivity index (χ4v) is 3.66. The van der Waals surface area contributed by atoms with Crippen molar-refractivity contribution < 1.29 is 39.6 Å². The predicted octanol–water partition coefficient (Wildman–Crippen LogP) is 7.92. The van der Waals surface area contributed by atoms with Gasteiger partial charge in [0, 0.05) is 16.5 Å². The summed E-state index contributed by atoms with van der Waals surface area (Å²) >= 11 is 6.12. The Hall–Kier alpha value is -3.66. The summed E-state index contributed by atoms with van der Waals surface area (Å²) in [5.74, 6) is -0.962. The lowest BCUT2D eigenvalue weighted by molar-refractivity contribution is -0.143. The minimum absolute atomic E-state index is 0.0315. The molecule has 0 N–H and O–H groups in total. The fourth-order valence-electron chi connectivity index (χ4n) is 3.41. The minimum Gasteiger partial charge on any atom is -0.334 e. The molecule has 0 spiro atoms. The van der Waals surface area contributed by atoms with Gasteiger partial charge in [0.25, 0.3) is 12.3 Å². The zero-order valence-corrected chi connectivity index (χ0v) is 17.6. The van der Waals surface area contributed by atoms with Crippen LogP contribution in [0.1, 0.15) is 29.1 Å². The van der Waals surface area contributed by atoms with Crippen molar-refractivity contribution in [3.8, 4) is 11.5 Å². The number of halogens is 9. The van der Waals surface area contributed by atoms with Gasteiger partial charge in [-0.1, -0.05) is 22.8 Å². The smallest absolute Gasteiger partial charge is 0.334 e. The van der Waals surface area contributed by atoms with Crippen LogP contribution < -0.4 is 0 Å². The first-order valence-electron chi connectivity index (χ1n) is 9.39. The predicted molar refractivity (Wildman–Crippen MR) is 107 cm³/mol. The topological polar surface area (TPSA) is 48.2 Å². The van der Waals surface area contributed by atoms with Crippen LogP contribution in [0.15, 0.2) is 40.9 Å². The fraction of sp³-hybridized carbons (Fsp3) is 0.190. The summed E-state index contributed by atoms with van der Waals surface area (Å²) in [7, 11) is 0. The molecule has 0 unspecified atom stereocenters. The lowest BCUT2D eigenvalue weighted by atomic mass is 10.0. The first kappa shape index (κ1) is 24.5. The van der Waals surface area contributed by atoms with E-state index in [1.165, 1.54) is 12.1 Å². The van der Waals surface area contributed by atoms with Crippen molar-refractivity contribution in [2.45, 2.75) is 25.3 Å². The maximum atomic E-state index is 13.7. The third-order valence-corrected chi connectivity index (χ3v) is 5.37. The van der Waals surface area contributed by atoms with Crippen molar-refractivity contribution in [2.75, 3.05) is 0 Å². The van der Waals surface area contributed by atoms with Crippen molar-refractivity contribution in [1.82, 2.24) is 14.7 Å². The van der Waals surface area contributed by atoms with Crippen molar-refractivity contribution in [3.63, 3.8) is 0 Å². The number of rotatable bonds is 4. The molecule has 0 aliphatic heterocycles. The maximum Gasteiger partial charge on any atom is 0.416 e. The van der Waals surface area contributed by atoms with Crippen LogP contribution in [0.3, 0.4) is 0 Å². The maximum absolute atomic E-state index is 13.7. The highest BCUT2D eigenvalue weighted by molar-refractivity contribution is 6.38. The average molecular weight is 521 g/mol. The van der Waals surface area contributed by atoms with Crippen LogP contribution in [0, 0.1) is 6.57 Å². The first-order valence-corrected chi connectivity index (χ1v) is 9.77. The molecular formula is C21H9ClF8N4O. The first-order chi connectivity index (χ1) is 16.3. The number of aromatic nitrogens is 3. The molecule has 2 aromatic heterocycles. The Morgan fingerprint density at radius 1 is 1.00 bits per heavy atom. The van der Waals surface area contributed by atoms with E-state index in [0.29, 0.717) is 12.1 Å². The third-order valence-electron chi connectivity index (χ3n) is 4.98. The van der Waals surface area contributed by atoms with Crippen LogP contribution >= 0.6 is 11.6 Å². The summed E-state index contributed by atoms with van der Waals surface area (Å²) in [6, 6.07) is 4.52. The van der Waals surface area contributed by atoms with Gasteiger partial charge in [-0.15, -0.1) is 0 Å². The van der Waals surface area contributed by atoms with Crippen LogP contribution in [0.25, 0.3) is 27.2 Å². The van der Waals surface area contributed by atoms with Gasteiger partial charge >= 0.3 is 12.4 Å². The van der Waals surface area contributed by atoms with Crippen LogP contribution in [-0.4, -0.2) is 14.7 Å². The summed E-state index contributed by atoms with van der Waals surface area (Å²) in [5.41, 5.74) is -4.12. The lowest BCUT2D eigenvalue weighted by Crippen LogP contribution is -2.11. The van der Waals surface area contributed by atoms with Gasteiger partial charge in [-0.3, -0.25) is 0 Å². The lowest BCUT2D eigenvalue weighted by Gasteiger charge is -2.12. The Kier molecular flexibility index (Phi) is 5.96. The van der Waals surface area contributed by atoms with Gasteiger partial charge in [0.1, 0.15) is 0 Å². The molecule has 0 fully saturated rings. The van der Waals surface area contributed by atoms with E-state index in [1.54, 1.807) is 0 Å². The summed E-state index contributed by atoms with van der Waals surface area (Å²) in [6.45, 7) is 6.62. The second kappa shape index (κ2) is 8.53. The highest BCUT2D eigenvalue weighted by Gasteiger charge is 2.37. The molecule has 4 rings (SSSR count). The summed E-state index contributed by atoms with van der Waals surface area (Å²) in [6.07, 6.45) is -13.2. The molecule has 0 aliphatic rings. The van der Waals surface area contributed by atoms with Crippen molar-refractivity contribution in [2.24, 2.45) is 0 Å². The van der Waals surface area contributed by atoms with E-state index in [9.17, 15) is 35.1 Å². The van der Waals surface area contributed by atoms with Crippen LogP contribution in [-0.2, 0) is 18.9 Å². The molecule has 0 amide bonds. The van der Waals surface area contributed by atoms with Gasteiger partial charge in [-0.2, -0.15) is 31.3 Å². The van der Waals surface area contributed by atoms with Gasteiger partial charge in [0.15, 0.2) is 5.82 Å². The normalized spacial score (nSPS) is 12.5. The van der Waals surface area contributed by atoms with Gasteiger partial charge in [-0.25, -0.2) is 13.6 Å². The van der Waals surface area contributed by atoms with Crippen molar-refractivity contribution in [3.05, 3.63) is 75.5 Å². The Balaban J connectivity index is 1.78. The van der Waals surface area contributed by atoms with E-state index in [0.717, 1.165) is 10.6 Å². The van der Waals surface area contributed by atoms with E-state index in [2.05, 4.69) is 15.0 Å². The zero-order chi connectivity index (χ0) is 25.7. The Labute approximate surface area is 195 Å². The van der Waals surface area contributed by atoms with E-state index >= 15 is 0 Å². The quantitative estimate of drug-likeness (QED) is 0.203. The van der Waals surface area contributed by atoms with E-state index in [-0.39, 0.29) is 33.5 Å². The molecule has 4 aromatic rings. The van der Waals surface area contributed by atoms with Gasteiger partial charge < -0.3 is 9.09 Å². The average Bonchev–Trinajstić information content (AvgIpc) is 3.38. The number of hydrogen-bond donors (Lipinski definition) is 0. The van der Waals surface area contributed by atoms with Crippen LogP contribution in [0.5, 0.6) is 0 Å². The molecule has 0 saturated carbocycles. The molecule has 0 bridgehead atoms. The minimum atomic E-state index is -5.08. The highest BCUT2D eigenvalue weighted by atomic mass is 35.5. The molecule has 0 saturated heterocycles. The van der Waals surface area contributed by atoms with Crippen molar-refractivity contribution in [1.29, 1.82) is 0 Å². The molecule has 182 valence electrons. The van der Waals surface area contributed by atoms with E-state index < -0.39 is 53.6 Å². The van der Waals surface area contributed by atoms with Crippen LogP contribution in [0.4, 0.5) is 40.8 Å². The zero-order valence-electron chi connectivity index (χ0n) is 16.8. The molecule has 5 nitrogen and oxygen atoms in total. The summed E-state index contributed by atoms with van der Waals surface area (Å²) in [5, 5.41) is 3.60. The second-order valence-corrected chi connectivity index (χ2v) is 7.59. The van der Waals surface area contributed by atoms with E-state index in [4.69, 9.17) is 22.7 Å². The van der Waals surface area contributed by atoms with Gasteiger partial charge in [0.05, 0.1) is 35.0 Å². The number of hydrogen-bond acceptors (Lipinski definition) is 3. The Morgan fingerprint density at radius 2 is 1.63 bits per heavy atom. The molecule has 0 radical (unpaired) electrons. The van der Waals surface area contributed by atoms with Crippen LogP contribution in [0.2, 0.25) is 5.02 Å². The summed E-state index contributed by atoms with van der Waals surface area (Å²) < 4.78 is 112. The number of alkyl halides is 8. The Morgan fingerprint density at radius 3 is 2.17 bits per heavy atom. The summed E-state index contributed by atoms with van der Waals surface area (Å²) in [4.78, 5) is 7.00. The monoisotopic (exact) mass is 520 g/mol. The number of nitrogens with zero attached hydrogens (tertiary/aromatic N) is 4. The largest absolute Gasteiger partial charge is 0.416 e. The Bertz CT molecular complexity index is 1430. The molecule has 2 heterocycles. The highest BCUT2D eigenvalue weighted by Crippen LogP contribution is 2.39. The number of fused-ring (bicyclic) bond motifs is 1. The molecular weight excluding hydrogens is 512 g/mol. The van der Waals surface area contributed by atoms with Gasteiger partial charge in [-0.05, 0) is 30.3 Å². The van der Waals surface area contributed by atoms with E-state index in [1.807, 2.05) is 0 Å². The third kappa shape index (κ3) is 4.66. The molecule has 0 aliphatic carbocycles. The van der Waals surface area contributed by atoms with Gasteiger partial charge in [0.2, 0.25) is 5.69 Å². The second-order valence-electron chi connectivity index (χ2n) is 7.21. The standard InChI is InChI=1S/C21H9ClF8N4O/c1-31-13-2-3-14-12(17(13)22)7-15(18(23)24)34(14)8-16-32-19(35-33-16)9-4-10(20(25,26)27)6-11(5-9)21(28,29)30/h2-7,18H,8H2. The SMILES string of the molecule is [C-]#[N+]c1ccc2c(cc(C(F)F)n2Cc2noc(-c3cc(C(F)(F)F)cc(C(F)(F)F)c3)n2)c1Cl. The molecule has 2 aromatic carbocycles. The van der Waals surface area contributed by atoms with Crippen molar-refractivity contribution >= 4 is 28.2 Å².